The van der Waals surface area contributed by atoms with Crippen LogP contribution in [-0.4, -0.2) is 39.4 Å². The lowest BCUT2D eigenvalue weighted by Crippen LogP contribution is -2.25. The van der Waals surface area contributed by atoms with Crippen LogP contribution in [0.3, 0.4) is 0 Å². The van der Waals surface area contributed by atoms with Crippen molar-refractivity contribution in [3.05, 3.63) is 23.8 Å². The number of rotatable bonds is 5. The van der Waals surface area contributed by atoms with E-state index in [4.69, 9.17) is 19.0 Å². The molecule has 18 heavy (non-hydrogen) atoms. The smallest absolute Gasteiger partial charge is 0.274 e. The van der Waals surface area contributed by atoms with E-state index in [0.29, 0.717) is 43.5 Å². The SMILES string of the molecule is COCCONC(=O)c1ccc2c(c1)OCCO2. The topological polar surface area (TPSA) is 66.0 Å². The minimum Gasteiger partial charge on any atom is -0.486 e. The molecule has 0 radical (unpaired) electrons. The number of methoxy groups -OCH3 is 1. The first-order valence-corrected chi connectivity index (χ1v) is 5.62. The second kappa shape index (κ2) is 6.23. The van der Waals surface area contributed by atoms with Crippen molar-refractivity contribution in [3.63, 3.8) is 0 Å². The number of hydroxylamine groups is 1. The molecule has 1 N–H and O–H groups in total. The van der Waals surface area contributed by atoms with Gasteiger partial charge in [0.15, 0.2) is 11.5 Å². The van der Waals surface area contributed by atoms with Crippen LogP contribution in [0.1, 0.15) is 10.4 Å². The fourth-order valence-corrected chi connectivity index (χ4v) is 1.49. The van der Waals surface area contributed by atoms with Gasteiger partial charge in [-0.15, -0.1) is 0 Å². The van der Waals surface area contributed by atoms with Crippen molar-refractivity contribution in [3.8, 4) is 11.5 Å². The Hall–Kier alpha value is -1.79. The van der Waals surface area contributed by atoms with Crippen molar-refractivity contribution >= 4 is 5.91 Å². The van der Waals surface area contributed by atoms with Crippen LogP contribution in [0, 0.1) is 0 Å². The minimum atomic E-state index is -0.330. The number of benzene rings is 1. The Morgan fingerprint density at radius 1 is 1.28 bits per heavy atom. The fourth-order valence-electron chi connectivity index (χ4n) is 1.49. The van der Waals surface area contributed by atoms with Crippen LogP contribution >= 0.6 is 0 Å². The summed E-state index contributed by atoms with van der Waals surface area (Å²) >= 11 is 0. The summed E-state index contributed by atoms with van der Waals surface area (Å²) in [6, 6.07) is 4.99. The standard InChI is InChI=1S/C12H15NO5/c1-15-4-7-18-13-12(14)9-2-3-10-11(8-9)17-6-5-16-10/h2-3,8H,4-7H2,1H3,(H,13,14). The molecule has 0 bridgehead atoms. The highest BCUT2D eigenvalue weighted by Crippen LogP contribution is 2.30. The molecule has 0 aromatic heterocycles. The van der Waals surface area contributed by atoms with Gasteiger partial charge in [-0.1, -0.05) is 0 Å². The largest absolute Gasteiger partial charge is 0.486 e. The lowest BCUT2D eigenvalue weighted by atomic mass is 10.2. The highest BCUT2D eigenvalue weighted by molar-refractivity contribution is 5.94. The Labute approximate surface area is 105 Å². The van der Waals surface area contributed by atoms with Crippen molar-refractivity contribution in [2.24, 2.45) is 0 Å². The minimum absolute atomic E-state index is 0.298. The van der Waals surface area contributed by atoms with Gasteiger partial charge in [0.25, 0.3) is 5.91 Å². The average Bonchev–Trinajstić information content (AvgIpc) is 2.43. The molecule has 1 heterocycles. The molecule has 1 aromatic carbocycles. The summed E-state index contributed by atoms with van der Waals surface area (Å²) in [5.74, 6) is 0.895. The van der Waals surface area contributed by atoms with Gasteiger partial charge in [-0.2, -0.15) is 0 Å². The molecule has 98 valence electrons. The highest BCUT2D eigenvalue weighted by Gasteiger charge is 2.14. The van der Waals surface area contributed by atoms with Gasteiger partial charge in [0.05, 0.1) is 13.2 Å². The van der Waals surface area contributed by atoms with E-state index in [2.05, 4.69) is 5.48 Å². The molecule has 1 aliphatic rings. The van der Waals surface area contributed by atoms with Gasteiger partial charge in [0.2, 0.25) is 0 Å². The van der Waals surface area contributed by atoms with Crippen molar-refractivity contribution < 1.29 is 23.8 Å². The number of carbonyl (C=O) groups is 1. The molecule has 1 amide bonds. The van der Waals surface area contributed by atoms with Crippen LogP contribution < -0.4 is 15.0 Å². The van der Waals surface area contributed by atoms with Gasteiger partial charge in [-0.3, -0.25) is 9.63 Å². The van der Waals surface area contributed by atoms with Gasteiger partial charge in [0, 0.05) is 12.7 Å². The molecule has 0 spiro atoms. The first-order chi connectivity index (χ1) is 8.81. The molecule has 0 saturated heterocycles. The summed E-state index contributed by atoms with van der Waals surface area (Å²) in [7, 11) is 1.56. The Kier molecular flexibility index (Phi) is 4.38. The normalized spacial score (nSPS) is 13.2. The molecule has 1 aromatic rings. The van der Waals surface area contributed by atoms with Crippen LogP contribution in [0.25, 0.3) is 0 Å². The number of carbonyl (C=O) groups excluding carboxylic acids is 1. The molecule has 0 aliphatic carbocycles. The summed E-state index contributed by atoms with van der Waals surface area (Å²) in [6.45, 7) is 1.73. The number of amides is 1. The van der Waals surface area contributed by atoms with Crippen molar-refractivity contribution in [1.82, 2.24) is 5.48 Å². The molecule has 0 saturated carbocycles. The van der Waals surface area contributed by atoms with Gasteiger partial charge >= 0.3 is 0 Å². The first kappa shape index (κ1) is 12.7. The van der Waals surface area contributed by atoms with Gasteiger partial charge < -0.3 is 14.2 Å². The number of hydrogen-bond donors (Lipinski definition) is 1. The number of nitrogens with one attached hydrogen (secondary N) is 1. The molecule has 2 rings (SSSR count). The monoisotopic (exact) mass is 253 g/mol. The Bertz CT molecular complexity index is 421. The lowest BCUT2D eigenvalue weighted by molar-refractivity contribution is 0.00885. The zero-order valence-corrected chi connectivity index (χ0v) is 10.1. The Morgan fingerprint density at radius 2 is 2.06 bits per heavy atom. The maximum Gasteiger partial charge on any atom is 0.274 e. The third-order valence-corrected chi connectivity index (χ3v) is 2.36. The summed E-state index contributed by atoms with van der Waals surface area (Å²) < 4.78 is 15.5. The van der Waals surface area contributed by atoms with Crippen molar-refractivity contribution in [1.29, 1.82) is 0 Å². The molecule has 1 aliphatic heterocycles. The van der Waals surface area contributed by atoms with Crippen LogP contribution in [0.4, 0.5) is 0 Å². The zero-order chi connectivity index (χ0) is 12.8. The summed E-state index contributed by atoms with van der Waals surface area (Å²) in [5.41, 5.74) is 2.78. The maximum atomic E-state index is 11.7. The predicted molar refractivity (Wildman–Crippen MR) is 62.7 cm³/mol. The molecular weight excluding hydrogens is 238 g/mol. The van der Waals surface area contributed by atoms with E-state index in [1.807, 2.05) is 0 Å². The van der Waals surface area contributed by atoms with Gasteiger partial charge in [-0.05, 0) is 18.2 Å². The zero-order valence-electron chi connectivity index (χ0n) is 10.1. The molecule has 6 heteroatoms. The number of fused-ring (bicyclic) bond motifs is 1. The molecule has 6 nitrogen and oxygen atoms in total. The second-order valence-corrected chi connectivity index (χ2v) is 3.63. The highest BCUT2D eigenvalue weighted by atomic mass is 16.7. The molecule has 0 fully saturated rings. The van der Waals surface area contributed by atoms with Crippen LogP contribution in [-0.2, 0) is 9.57 Å². The third kappa shape index (κ3) is 3.12. The van der Waals surface area contributed by atoms with Gasteiger partial charge in [-0.25, -0.2) is 5.48 Å². The fraction of sp³-hybridized carbons (Fsp3) is 0.417. The summed E-state index contributed by atoms with van der Waals surface area (Å²) in [4.78, 5) is 16.7. The first-order valence-electron chi connectivity index (χ1n) is 5.62. The van der Waals surface area contributed by atoms with E-state index >= 15 is 0 Å². The van der Waals surface area contributed by atoms with E-state index in [1.165, 1.54) is 0 Å². The molecule has 0 unspecified atom stereocenters. The molecule has 0 atom stereocenters. The average molecular weight is 253 g/mol. The summed E-state index contributed by atoms with van der Waals surface area (Å²) in [5, 5.41) is 0. The van der Waals surface area contributed by atoms with E-state index in [-0.39, 0.29) is 5.91 Å². The van der Waals surface area contributed by atoms with E-state index in [1.54, 1.807) is 25.3 Å². The van der Waals surface area contributed by atoms with E-state index < -0.39 is 0 Å². The van der Waals surface area contributed by atoms with Crippen LogP contribution in [0.15, 0.2) is 18.2 Å². The molecular formula is C12H15NO5. The Morgan fingerprint density at radius 3 is 2.83 bits per heavy atom. The summed E-state index contributed by atoms with van der Waals surface area (Å²) in [6.07, 6.45) is 0. The lowest BCUT2D eigenvalue weighted by Gasteiger charge is -2.18. The van der Waals surface area contributed by atoms with Gasteiger partial charge in [0.1, 0.15) is 13.2 Å². The van der Waals surface area contributed by atoms with Crippen molar-refractivity contribution in [2.75, 3.05) is 33.5 Å². The van der Waals surface area contributed by atoms with E-state index in [9.17, 15) is 4.79 Å². The van der Waals surface area contributed by atoms with Crippen LogP contribution in [0.5, 0.6) is 11.5 Å². The second-order valence-electron chi connectivity index (χ2n) is 3.63. The quantitative estimate of drug-likeness (QED) is 0.620. The van der Waals surface area contributed by atoms with Crippen molar-refractivity contribution in [2.45, 2.75) is 0 Å². The third-order valence-electron chi connectivity index (χ3n) is 2.36. The maximum absolute atomic E-state index is 11.7. The van der Waals surface area contributed by atoms with Crippen LogP contribution in [0.2, 0.25) is 0 Å². The Balaban J connectivity index is 1.94. The van der Waals surface area contributed by atoms with E-state index in [0.717, 1.165) is 0 Å². The number of ether oxygens (including phenoxy) is 3. The number of hydrogen-bond acceptors (Lipinski definition) is 5. The predicted octanol–water partition coefficient (Wildman–Crippen LogP) is 0.766.